The molecule has 0 saturated carbocycles. The second kappa shape index (κ2) is 5.42. The summed E-state index contributed by atoms with van der Waals surface area (Å²) < 4.78 is 1.80. The molecule has 2 aromatic heterocycles. The van der Waals surface area contributed by atoms with Gasteiger partial charge in [-0.3, -0.25) is 9.36 Å². The van der Waals surface area contributed by atoms with Crippen molar-refractivity contribution in [1.29, 1.82) is 0 Å². The molecule has 0 aromatic carbocycles. The number of nitrogens with one attached hydrogen (secondary N) is 1. The third-order valence-electron chi connectivity index (χ3n) is 2.46. The van der Waals surface area contributed by atoms with Gasteiger partial charge in [0, 0.05) is 25.1 Å². The zero-order chi connectivity index (χ0) is 13.0. The van der Waals surface area contributed by atoms with Gasteiger partial charge < -0.3 is 11.1 Å². The van der Waals surface area contributed by atoms with Crippen molar-refractivity contribution in [3.63, 3.8) is 0 Å². The summed E-state index contributed by atoms with van der Waals surface area (Å²) in [7, 11) is 0. The van der Waals surface area contributed by atoms with Crippen LogP contribution in [0.25, 0.3) is 5.82 Å². The van der Waals surface area contributed by atoms with Crippen molar-refractivity contribution in [2.45, 2.75) is 19.5 Å². The minimum atomic E-state index is -0.500. The van der Waals surface area contributed by atoms with E-state index in [1.807, 2.05) is 18.3 Å². The van der Waals surface area contributed by atoms with Gasteiger partial charge in [0.2, 0.25) is 5.91 Å². The van der Waals surface area contributed by atoms with E-state index in [9.17, 15) is 4.79 Å². The average molecular weight is 245 g/mol. The summed E-state index contributed by atoms with van der Waals surface area (Å²) in [6.07, 6.45) is 6.87. The molecule has 2 aromatic rings. The Bertz CT molecular complexity index is 521. The highest BCUT2D eigenvalue weighted by atomic mass is 16.2. The molecule has 0 aliphatic carbocycles. The molecule has 0 fully saturated rings. The molecule has 0 unspecified atom stereocenters. The fourth-order valence-electron chi connectivity index (χ4n) is 1.46. The van der Waals surface area contributed by atoms with E-state index in [2.05, 4.69) is 15.3 Å². The second-order valence-electron chi connectivity index (χ2n) is 4.00. The quantitative estimate of drug-likeness (QED) is 0.807. The largest absolute Gasteiger partial charge is 0.351 e. The Morgan fingerprint density at radius 2 is 2.39 bits per heavy atom. The summed E-state index contributed by atoms with van der Waals surface area (Å²) in [6, 6.07) is 3.24. The maximum Gasteiger partial charge on any atom is 0.236 e. The van der Waals surface area contributed by atoms with Gasteiger partial charge in [0.1, 0.15) is 12.1 Å². The summed E-state index contributed by atoms with van der Waals surface area (Å²) >= 11 is 0. The lowest BCUT2D eigenvalue weighted by Gasteiger charge is -2.08. The minimum Gasteiger partial charge on any atom is -0.351 e. The van der Waals surface area contributed by atoms with Crippen LogP contribution < -0.4 is 11.1 Å². The van der Waals surface area contributed by atoms with Crippen LogP contribution in [0.4, 0.5) is 0 Å². The lowest BCUT2D eigenvalue weighted by atomic mass is 10.2. The fraction of sp³-hybridized carbons (Fsp3) is 0.250. The first-order chi connectivity index (χ1) is 8.66. The summed E-state index contributed by atoms with van der Waals surface area (Å²) in [5, 5.41) is 2.75. The molecule has 2 heterocycles. The van der Waals surface area contributed by atoms with E-state index in [1.165, 1.54) is 0 Å². The van der Waals surface area contributed by atoms with Crippen molar-refractivity contribution in [2.75, 3.05) is 0 Å². The van der Waals surface area contributed by atoms with Crippen LogP contribution in [-0.4, -0.2) is 26.5 Å². The van der Waals surface area contributed by atoms with Gasteiger partial charge in [-0.15, -0.1) is 0 Å². The fourth-order valence-corrected chi connectivity index (χ4v) is 1.46. The molecule has 6 heteroatoms. The van der Waals surface area contributed by atoms with E-state index in [0.29, 0.717) is 6.54 Å². The Morgan fingerprint density at radius 3 is 3.06 bits per heavy atom. The SMILES string of the molecule is C[C@@H](N)C(=O)NCc1ccnc(-n2ccnc2)c1. The molecule has 94 valence electrons. The lowest BCUT2D eigenvalue weighted by Crippen LogP contribution is -2.37. The van der Waals surface area contributed by atoms with Crippen molar-refractivity contribution < 1.29 is 4.79 Å². The number of carbonyl (C=O) groups is 1. The van der Waals surface area contributed by atoms with Crippen LogP contribution in [0.5, 0.6) is 0 Å². The Hall–Kier alpha value is -2.21. The lowest BCUT2D eigenvalue weighted by molar-refractivity contribution is -0.122. The molecule has 0 spiro atoms. The van der Waals surface area contributed by atoms with Crippen molar-refractivity contribution in [1.82, 2.24) is 19.9 Å². The summed E-state index contributed by atoms with van der Waals surface area (Å²) in [5.74, 6) is 0.594. The van der Waals surface area contributed by atoms with E-state index >= 15 is 0 Å². The van der Waals surface area contributed by atoms with E-state index in [0.717, 1.165) is 11.4 Å². The predicted octanol–water partition coefficient (Wildman–Crippen LogP) is 0.231. The monoisotopic (exact) mass is 245 g/mol. The molecular formula is C12H15N5O. The molecule has 1 atom stereocenters. The molecule has 1 amide bonds. The summed E-state index contributed by atoms with van der Waals surface area (Å²) in [5.41, 5.74) is 6.43. The number of pyridine rings is 1. The normalized spacial score (nSPS) is 12.1. The van der Waals surface area contributed by atoms with Crippen LogP contribution >= 0.6 is 0 Å². The second-order valence-corrected chi connectivity index (χ2v) is 4.00. The molecule has 2 rings (SSSR count). The average Bonchev–Trinajstić information content (AvgIpc) is 2.90. The molecule has 0 aliphatic heterocycles. The minimum absolute atomic E-state index is 0.170. The van der Waals surface area contributed by atoms with Crippen molar-refractivity contribution in [3.8, 4) is 5.82 Å². The highest BCUT2D eigenvalue weighted by molar-refractivity contribution is 5.80. The van der Waals surface area contributed by atoms with Crippen LogP contribution in [0.2, 0.25) is 0 Å². The van der Waals surface area contributed by atoms with Crippen molar-refractivity contribution in [3.05, 3.63) is 42.6 Å². The maximum absolute atomic E-state index is 11.4. The third kappa shape index (κ3) is 2.92. The van der Waals surface area contributed by atoms with Gasteiger partial charge in [-0.1, -0.05) is 0 Å². The zero-order valence-electron chi connectivity index (χ0n) is 10.1. The van der Waals surface area contributed by atoms with Crippen LogP contribution in [0.15, 0.2) is 37.1 Å². The zero-order valence-corrected chi connectivity index (χ0v) is 10.1. The first-order valence-electron chi connectivity index (χ1n) is 5.63. The standard InChI is InChI=1S/C12H15N5O/c1-9(13)12(18)16-7-10-2-3-15-11(6-10)17-5-4-14-8-17/h2-6,8-9H,7,13H2,1H3,(H,16,18)/t9-/m1/s1. The smallest absolute Gasteiger partial charge is 0.236 e. The third-order valence-corrected chi connectivity index (χ3v) is 2.46. The van der Waals surface area contributed by atoms with Gasteiger partial charge in [-0.25, -0.2) is 9.97 Å². The van der Waals surface area contributed by atoms with Crippen LogP contribution in [0, 0.1) is 0 Å². The molecule has 0 bridgehead atoms. The number of rotatable bonds is 4. The van der Waals surface area contributed by atoms with E-state index in [-0.39, 0.29) is 5.91 Å². The summed E-state index contributed by atoms with van der Waals surface area (Å²) in [6.45, 7) is 2.09. The maximum atomic E-state index is 11.4. The van der Waals surface area contributed by atoms with Gasteiger partial charge in [-0.2, -0.15) is 0 Å². The van der Waals surface area contributed by atoms with Gasteiger partial charge in [0.25, 0.3) is 0 Å². The predicted molar refractivity (Wildman–Crippen MR) is 66.9 cm³/mol. The topological polar surface area (TPSA) is 85.8 Å². The van der Waals surface area contributed by atoms with E-state index in [1.54, 1.807) is 30.2 Å². The number of imidazole rings is 1. The highest BCUT2D eigenvalue weighted by Gasteiger charge is 2.06. The Kier molecular flexibility index (Phi) is 3.69. The van der Waals surface area contributed by atoms with E-state index < -0.39 is 6.04 Å². The molecule has 0 aliphatic rings. The van der Waals surface area contributed by atoms with Crippen LogP contribution in [0.1, 0.15) is 12.5 Å². The van der Waals surface area contributed by atoms with Gasteiger partial charge >= 0.3 is 0 Å². The molecular weight excluding hydrogens is 230 g/mol. The molecule has 0 radical (unpaired) electrons. The number of nitrogens with two attached hydrogens (primary N) is 1. The van der Waals surface area contributed by atoms with Crippen LogP contribution in [0.3, 0.4) is 0 Å². The van der Waals surface area contributed by atoms with Crippen molar-refractivity contribution in [2.24, 2.45) is 5.73 Å². The first-order valence-corrected chi connectivity index (χ1v) is 5.63. The molecule has 18 heavy (non-hydrogen) atoms. The number of aromatic nitrogens is 3. The van der Waals surface area contributed by atoms with Gasteiger partial charge in [0.15, 0.2) is 0 Å². The highest BCUT2D eigenvalue weighted by Crippen LogP contribution is 2.06. The number of hydrogen-bond acceptors (Lipinski definition) is 4. The number of nitrogens with zero attached hydrogens (tertiary/aromatic N) is 3. The van der Waals surface area contributed by atoms with Crippen LogP contribution in [-0.2, 0) is 11.3 Å². The Labute approximate surface area is 105 Å². The number of carbonyl (C=O) groups excluding carboxylic acids is 1. The van der Waals surface area contributed by atoms with Crippen molar-refractivity contribution >= 4 is 5.91 Å². The first kappa shape index (κ1) is 12.3. The number of amides is 1. The van der Waals surface area contributed by atoms with Gasteiger partial charge in [0.05, 0.1) is 6.04 Å². The Balaban J connectivity index is 2.06. The van der Waals surface area contributed by atoms with E-state index in [4.69, 9.17) is 5.73 Å². The summed E-state index contributed by atoms with van der Waals surface area (Å²) in [4.78, 5) is 19.6. The molecule has 3 N–H and O–H groups in total. The van der Waals surface area contributed by atoms with Gasteiger partial charge in [-0.05, 0) is 24.6 Å². The number of hydrogen-bond donors (Lipinski definition) is 2. The Morgan fingerprint density at radius 1 is 1.56 bits per heavy atom. The molecule has 0 saturated heterocycles. The molecule has 6 nitrogen and oxygen atoms in total.